The van der Waals surface area contributed by atoms with Gasteiger partial charge in [0.05, 0.1) is 19.2 Å². The first-order valence-corrected chi connectivity index (χ1v) is 13.0. The van der Waals surface area contributed by atoms with E-state index in [1.54, 1.807) is 13.2 Å². The van der Waals surface area contributed by atoms with Gasteiger partial charge in [-0.3, -0.25) is 4.68 Å². The Bertz CT molecular complexity index is 1540. The highest BCUT2D eigenvalue weighted by molar-refractivity contribution is 7.99. The molecule has 1 aliphatic rings. The van der Waals surface area contributed by atoms with Crippen LogP contribution in [0.25, 0.3) is 33.2 Å². The first-order valence-electron chi connectivity index (χ1n) is 11.1. The fraction of sp³-hybridized carbons (Fsp3) is 0.250. The lowest BCUT2D eigenvalue weighted by molar-refractivity contribution is 0.415. The molecule has 1 aromatic carbocycles. The quantitative estimate of drug-likeness (QED) is 0.312. The number of benzene rings is 1. The fourth-order valence-corrected chi connectivity index (χ4v) is 5.59. The van der Waals surface area contributed by atoms with Gasteiger partial charge in [-0.25, -0.2) is 15.0 Å². The van der Waals surface area contributed by atoms with E-state index >= 15 is 0 Å². The van der Waals surface area contributed by atoms with Crippen LogP contribution in [-0.4, -0.2) is 61.4 Å². The standard InChI is InChI=1S/C24H21Cl2N7OS/c1-34-14-2-3-18(25)15(10-14)16-11-27-24(32-6-8-35-9-7-32)22-17(16)12-33(31-22)13-21-28-19-4-5-20(26)29-23(19)30-21/h2-5,10-12H,6-9,13H2,1H3,(H,28,29,30). The molecule has 1 saturated heterocycles. The number of nitrogens with zero attached hydrogens (tertiary/aromatic N) is 6. The third-order valence-corrected chi connectivity index (χ3v) is 7.51. The maximum Gasteiger partial charge on any atom is 0.179 e. The number of imidazole rings is 1. The Balaban J connectivity index is 1.47. The number of H-pyrrole nitrogens is 1. The molecule has 0 spiro atoms. The van der Waals surface area contributed by atoms with E-state index in [4.69, 9.17) is 38.0 Å². The summed E-state index contributed by atoms with van der Waals surface area (Å²) in [5.74, 6) is 4.51. The minimum Gasteiger partial charge on any atom is -0.497 e. The summed E-state index contributed by atoms with van der Waals surface area (Å²) < 4.78 is 7.33. The molecule has 8 nitrogen and oxygen atoms in total. The van der Waals surface area contributed by atoms with Gasteiger partial charge in [0.15, 0.2) is 11.5 Å². The molecule has 0 aliphatic carbocycles. The van der Waals surface area contributed by atoms with E-state index in [9.17, 15) is 0 Å². The molecule has 11 heteroatoms. The summed E-state index contributed by atoms with van der Waals surface area (Å²) in [6.45, 7) is 2.33. The number of aromatic nitrogens is 6. The van der Waals surface area contributed by atoms with Gasteiger partial charge < -0.3 is 14.6 Å². The first-order chi connectivity index (χ1) is 17.1. The third-order valence-electron chi connectivity index (χ3n) is 6.03. The topological polar surface area (TPSA) is 84.8 Å². The summed E-state index contributed by atoms with van der Waals surface area (Å²) in [5, 5.41) is 6.97. The molecule has 178 valence electrons. The van der Waals surface area contributed by atoms with Gasteiger partial charge in [0.2, 0.25) is 0 Å². The van der Waals surface area contributed by atoms with Crippen LogP contribution in [0.1, 0.15) is 5.82 Å². The monoisotopic (exact) mass is 525 g/mol. The summed E-state index contributed by atoms with van der Waals surface area (Å²) in [4.78, 5) is 19.3. The van der Waals surface area contributed by atoms with Crippen LogP contribution in [0.3, 0.4) is 0 Å². The summed E-state index contributed by atoms with van der Waals surface area (Å²) in [6, 6.07) is 9.24. The van der Waals surface area contributed by atoms with Crippen molar-refractivity contribution in [1.29, 1.82) is 0 Å². The van der Waals surface area contributed by atoms with Crippen molar-refractivity contribution in [2.75, 3.05) is 36.6 Å². The lowest BCUT2D eigenvalue weighted by atomic mass is 10.0. The van der Waals surface area contributed by atoms with Crippen LogP contribution in [0.2, 0.25) is 10.2 Å². The molecule has 0 bridgehead atoms. The van der Waals surface area contributed by atoms with Crippen molar-refractivity contribution in [2.45, 2.75) is 6.54 Å². The van der Waals surface area contributed by atoms with E-state index < -0.39 is 0 Å². The molecule has 0 radical (unpaired) electrons. The molecule has 0 atom stereocenters. The fourth-order valence-electron chi connectivity index (χ4n) is 4.33. The minimum atomic E-state index is 0.413. The Hall–Kier alpha value is -3.01. The SMILES string of the molecule is COc1ccc(Cl)c(-c2cnc(N3CCSCC3)c3nn(Cc4nc5nc(Cl)ccc5[nH]4)cc23)c1. The minimum absolute atomic E-state index is 0.413. The van der Waals surface area contributed by atoms with Crippen LogP contribution in [0.15, 0.2) is 42.7 Å². The number of hydrogen-bond donors (Lipinski definition) is 1. The molecule has 1 N–H and O–H groups in total. The zero-order chi connectivity index (χ0) is 23.9. The van der Waals surface area contributed by atoms with E-state index in [0.29, 0.717) is 22.4 Å². The van der Waals surface area contributed by atoms with Crippen molar-refractivity contribution in [2.24, 2.45) is 0 Å². The van der Waals surface area contributed by atoms with Gasteiger partial charge in [-0.2, -0.15) is 16.9 Å². The molecule has 35 heavy (non-hydrogen) atoms. The lowest BCUT2D eigenvalue weighted by Crippen LogP contribution is -2.33. The van der Waals surface area contributed by atoms with Crippen LogP contribution < -0.4 is 9.64 Å². The number of ether oxygens (including phenoxy) is 1. The number of thioether (sulfide) groups is 1. The van der Waals surface area contributed by atoms with Crippen LogP contribution in [-0.2, 0) is 6.54 Å². The molecule has 4 aromatic heterocycles. The van der Waals surface area contributed by atoms with Gasteiger partial charge in [-0.05, 0) is 30.3 Å². The van der Waals surface area contributed by atoms with Gasteiger partial charge in [0.25, 0.3) is 0 Å². The van der Waals surface area contributed by atoms with E-state index in [0.717, 1.165) is 69.5 Å². The number of methoxy groups -OCH3 is 1. The highest BCUT2D eigenvalue weighted by Gasteiger charge is 2.21. The molecular formula is C24H21Cl2N7OS. The maximum atomic E-state index is 6.61. The lowest BCUT2D eigenvalue weighted by Gasteiger charge is -2.27. The van der Waals surface area contributed by atoms with Gasteiger partial charge in [-0.1, -0.05) is 23.2 Å². The smallest absolute Gasteiger partial charge is 0.179 e. The van der Waals surface area contributed by atoms with Gasteiger partial charge in [0, 0.05) is 58.5 Å². The second kappa shape index (κ2) is 9.22. The normalized spacial score (nSPS) is 14.2. The number of nitrogens with one attached hydrogen (secondary N) is 1. The molecular weight excluding hydrogens is 505 g/mol. The van der Waals surface area contributed by atoms with E-state index in [2.05, 4.69) is 19.9 Å². The van der Waals surface area contributed by atoms with Crippen molar-refractivity contribution in [3.63, 3.8) is 0 Å². The van der Waals surface area contributed by atoms with E-state index in [1.165, 1.54) is 0 Å². The highest BCUT2D eigenvalue weighted by Crippen LogP contribution is 2.38. The van der Waals surface area contributed by atoms with E-state index in [1.807, 2.05) is 53.1 Å². The summed E-state index contributed by atoms with van der Waals surface area (Å²) >= 11 is 14.6. The molecule has 1 aliphatic heterocycles. The largest absolute Gasteiger partial charge is 0.497 e. The molecule has 0 unspecified atom stereocenters. The Morgan fingerprint density at radius 2 is 1.94 bits per heavy atom. The Morgan fingerprint density at radius 1 is 1.09 bits per heavy atom. The second-order valence-electron chi connectivity index (χ2n) is 8.22. The number of anilines is 1. The maximum absolute atomic E-state index is 6.61. The molecule has 0 amide bonds. The number of fused-ring (bicyclic) bond motifs is 2. The number of hydrogen-bond acceptors (Lipinski definition) is 7. The zero-order valence-electron chi connectivity index (χ0n) is 18.8. The van der Waals surface area contributed by atoms with Gasteiger partial charge in [-0.15, -0.1) is 0 Å². The van der Waals surface area contributed by atoms with Gasteiger partial charge >= 0.3 is 0 Å². The van der Waals surface area contributed by atoms with Gasteiger partial charge in [0.1, 0.15) is 22.2 Å². The van der Waals surface area contributed by atoms with Crippen molar-refractivity contribution in [3.8, 4) is 16.9 Å². The molecule has 5 aromatic rings. The average molecular weight is 526 g/mol. The number of pyridine rings is 2. The van der Waals surface area contributed by atoms with Crippen molar-refractivity contribution in [1.82, 2.24) is 29.7 Å². The Labute approximate surface area is 215 Å². The molecule has 0 saturated carbocycles. The predicted molar refractivity (Wildman–Crippen MR) is 142 cm³/mol. The molecule has 5 heterocycles. The van der Waals surface area contributed by atoms with Crippen LogP contribution in [0.5, 0.6) is 5.75 Å². The molecule has 1 fully saturated rings. The van der Waals surface area contributed by atoms with Crippen LogP contribution >= 0.6 is 35.0 Å². The van der Waals surface area contributed by atoms with E-state index in [-0.39, 0.29) is 0 Å². The summed E-state index contributed by atoms with van der Waals surface area (Å²) in [6.07, 6.45) is 3.91. The van der Waals surface area contributed by atoms with Crippen molar-refractivity contribution < 1.29 is 4.74 Å². The van der Waals surface area contributed by atoms with Crippen molar-refractivity contribution >= 4 is 62.8 Å². The zero-order valence-corrected chi connectivity index (χ0v) is 21.2. The Kier molecular flexibility index (Phi) is 5.91. The van der Waals surface area contributed by atoms with Crippen LogP contribution in [0.4, 0.5) is 5.82 Å². The first kappa shape index (κ1) is 22.5. The number of rotatable bonds is 5. The average Bonchev–Trinajstić information content (AvgIpc) is 3.47. The highest BCUT2D eigenvalue weighted by atomic mass is 35.5. The Morgan fingerprint density at radius 3 is 2.77 bits per heavy atom. The summed E-state index contributed by atoms with van der Waals surface area (Å²) in [5.41, 5.74) is 4.01. The van der Waals surface area contributed by atoms with Crippen molar-refractivity contribution in [3.05, 3.63) is 58.7 Å². The summed E-state index contributed by atoms with van der Waals surface area (Å²) in [7, 11) is 1.64. The number of aromatic amines is 1. The second-order valence-corrected chi connectivity index (χ2v) is 10.2. The third kappa shape index (κ3) is 4.28. The van der Waals surface area contributed by atoms with Crippen LogP contribution in [0, 0.1) is 0 Å². The molecule has 6 rings (SSSR count). The number of halogens is 2. The predicted octanol–water partition coefficient (Wildman–Crippen LogP) is 5.29.